The molecule has 2 unspecified atom stereocenters. The van der Waals surface area contributed by atoms with Gasteiger partial charge in [-0.15, -0.1) is 0 Å². The van der Waals surface area contributed by atoms with Crippen LogP contribution in [0.25, 0.3) is 0 Å². The molecule has 0 aliphatic carbocycles. The van der Waals surface area contributed by atoms with Gasteiger partial charge in [-0.25, -0.2) is 4.39 Å². The van der Waals surface area contributed by atoms with Crippen LogP contribution in [0.3, 0.4) is 0 Å². The maximum absolute atomic E-state index is 13.7. The van der Waals surface area contributed by atoms with Crippen molar-refractivity contribution in [3.63, 3.8) is 0 Å². The molecule has 0 saturated carbocycles. The molecule has 2 aromatic rings. The fourth-order valence-corrected chi connectivity index (χ4v) is 5.50. The first-order valence-corrected chi connectivity index (χ1v) is 11.6. The van der Waals surface area contributed by atoms with Gasteiger partial charge in [0.1, 0.15) is 5.82 Å². The maximum atomic E-state index is 13.7. The predicted molar refractivity (Wildman–Crippen MR) is 118 cm³/mol. The van der Waals surface area contributed by atoms with Crippen LogP contribution in [0.1, 0.15) is 29.0 Å². The summed E-state index contributed by atoms with van der Waals surface area (Å²) in [4.78, 5) is 17.7. The van der Waals surface area contributed by atoms with Gasteiger partial charge >= 0.3 is 0 Å². The zero-order valence-corrected chi connectivity index (χ0v) is 17.8. The minimum Gasteiger partial charge on any atom is -0.341 e. The highest BCUT2D eigenvalue weighted by Crippen LogP contribution is 2.33. The van der Waals surface area contributed by atoms with Crippen LogP contribution in [0.2, 0.25) is 0 Å². The molecule has 4 rings (SSSR count). The molecule has 2 aliphatic heterocycles. The third-order valence-corrected chi connectivity index (χ3v) is 6.95. The number of hydrogen-bond acceptors (Lipinski definition) is 3. The molecule has 0 N–H and O–H groups in total. The van der Waals surface area contributed by atoms with E-state index in [9.17, 15) is 9.18 Å². The number of hydrogen-bond donors (Lipinski definition) is 0. The molecule has 2 aromatic carbocycles. The number of nitrogens with zero attached hydrogens (tertiary/aromatic N) is 2. The van der Waals surface area contributed by atoms with Crippen molar-refractivity contribution in [3.8, 4) is 0 Å². The van der Waals surface area contributed by atoms with Crippen molar-refractivity contribution in [2.45, 2.75) is 25.8 Å². The molecular formula is C24H29FN2OS. The molecule has 0 spiro atoms. The number of amides is 1. The number of aryl methyl sites for hydroxylation is 1. The van der Waals surface area contributed by atoms with Gasteiger partial charge in [0.2, 0.25) is 5.91 Å². The van der Waals surface area contributed by atoms with Gasteiger partial charge in [-0.1, -0.05) is 42.0 Å². The van der Waals surface area contributed by atoms with E-state index >= 15 is 0 Å². The molecule has 29 heavy (non-hydrogen) atoms. The van der Waals surface area contributed by atoms with Gasteiger partial charge in [0.25, 0.3) is 0 Å². The number of carbonyl (C=O) groups excluding carboxylic acids is 1. The molecule has 0 bridgehead atoms. The lowest BCUT2D eigenvalue weighted by Gasteiger charge is -2.40. The van der Waals surface area contributed by atoms with Gasteiger partial charge in [-0.3, -0.25) is 9.69 Å². The standard InChI is InChI=1S/C24H29FN2OS/c1-18-4-2-6-20(12-18)21-14-22(24(28)27-8-10-29-11-9-27)17-26(16-21)15-19-5-3-7-23(25)13-19/h2-7,12-13,21-22H,8-11,14-17H2,1H3. The Balaban J connectivity index is 1.55. The van der Waals surface area contributed by atoms with Crippen molar-refractivity contribution in [1.82, 2.24) is 9.80 Å². The highest BCUT2D eigenvalue weighted by atomic mass is 32.2. The van der Waals surface area contributed by atoms with Crippen molar-refractivity contribution in [2.75, 3.05) is 37.7 Å². The summed E-state index contributed by atoms with van der Waals surface area (Å²) >= 11 is 1.93. The minimum absolute atomic E-state index is 0.00548. The SMILES string of the molecule is Cc1cccc(C2CC(C(=O)N3CCSCC3)CN(Cc3cccc(F)c3)C2)c1. The summed E-state index contributed by atoms with van der Waals surface area (Å²) in [5.74, 6) is 2.50. The van der Waals surface area contributed by atoms with Gasteiger partial charge in [0, 0.05) is 44.2 Å². The average Bonchev–Trinajstić information content (AvgIpc) is 2.73. The number of carbonyl (C=O) groups is 1. The van der Waals surface area contributed by atoms with Crippen molar-refractivity contribution < 1.29 is 9.18 Å². The van der Waals surface area contributed by atoms with Gasteiger partial charge in [-0.2, -0.15) is 11.8 Å². The second-order valence-corrected chi connectivity index (χ2v) is 9.53. The number of likely N-dealkylation sites (tertiary alicyclic amines) is 1. The molecule has 3 nitrogen and oxygen atoms in total. The van der Waals surface area contributed by atoms with Gasteiger partial charge in [0.05, 0.1) is 5.92 Å². The van der Waals surface area contributed by atoms with Crippen LogP contribution in [0.15, 0.2) is 48.5 Å². The van der Waals surface area contributed by atoms with Crippen LogP contribution in [0.4, 0.5) is 4.39 Å². The van der Waals surface area contributed by atoms with Crippen LogP contribution in [0, 0.1) is 18.7 Å². The first-order valence-electron chi connectivity index (χ1n) is 10.5. The maximum Gasteiger partial charge on any atom is 0.227 e. The van der Waals surface area contributed by atoms with Crippen LogP contribution in [-0.4, -0.2) is 53.4 Å². The van der Waals surface area contributed by atoms with E-state index < -0.39 is 0 Å². The Kier molecular flexibility index (Phi) is 6.56. The lowest BCUT2D eigenvalue weighted by molar-refractivity contribution is -0.137. The van der Waals surface area contributed by atoms with Gasteiger partial charge < -0.3 is 4.90 Å². The van der Waals surface area contributed by atoms with Crippen LogP contribution in [-0.2, 0) is 11.3 Å². The van der Waals surface area contributed by atoms with Crippen molar-refractivity contribution >= 4 is 17.7 Å². The molecule has 0 radical (unpaired) electrons. The Morgan fingerprint density at radius 2 is 1.90 bits per heavy atom. The summed E-state index contributed by atoms with van der Waals surface area (Å²) < 4.78 is 13.7. The normalized spacial score (nSPS) is 23.2. The fourth-order valence-electron chi connectivity index (χ4n) is 4.60. The van der Waals surface area contributed by atoms with E-state index in [2.05, 4.69) is 41.0 Å². The Bertz CT molecular complexity index is 852. The third kappa shape index (κ3) is 5.20. The monoisotopic (exact) mass is 412 g/mol. The molecule has 2 atom stereocenters. The summed E-state index contributed by atoms with van der Waals surface area (Å²) in [5, 5.41) is 0. The van der Waals surface area contributed by atoms with Crippen LogP contribution in [0.5, 0.6) is 0 Å². The molecule has 2 fully saturated rings. The van der Waals surface area contributed by atoms with E-state index in [-0.39, 0.29) is 11.7 Å². The topological polar surface area (TPSA) is 23.6 Å². The zero-order valence-electron chi connectivity index (χ0n) is 17.0. The Morgan fingerprint density at radius 1 is 1.10 bits per heavy atom. The first-order chi connectivity index (χ1) is 14.1. The largest absolute Gasteiger partial charge is 0.341 e. The van der Waals surface area contributed by atoms with E-state index in [0.29, 0.717) is 18.4 Å². The second kappa shape index (κ2) is 9.31. The minimum atomic E-state index is -0.201. The summed E-state index contributed by atoms with van der Waals surface area (Å²) in [6.45, 7) is 6.17. The summed E-state index contributed by atoms with van der Waals surface area (Å²) in [5.41, 5.74) is 3.53. The van der Waals surface area contributed by atoms with E-state index in [1.165, 1.54) is 17.2 Å². The first kappa shape index (κ1) is 20.4. The molecule has 2 saturated heterocycles. The van der Waals surface area contributed by atoms with E-state index in [1.54, 1.807) is 12.1 Å². The number of rotatable bonds is 4. The predicted octanol–water partition coefficient (Wildman–Crippen LogP) is 4.32. The number of piperidine rings is 1. The van der Waals surface area contributed by atoms with Gasteiger partial charge in [-0.05, 0) is 42.5 Å². The van der Waals surface area contributed by atoms with Crippen molar-refractivity contribution in [2.24, 2.45) is 5.92 Å². The van der Waals surface area contributed by atoms with Crippen molar-refractivity contribution in [3.05, 3.63) is 71.0 Å². The van der Waals surface area contributed by atoms with E-state index in [0.717, 1.165) is 49.7 Å². The molecule has 5 heteroatoms. The van der Waals surface area contributed by atoms with E-state index in [1.807, 2.05) is 17.8 Å². The lowest BCUT2D eigenvalue weighted by Crippen LogP contribution is -2.48. The Hall–Kier alpha value is -1.85. The Morgan fingerprint density at radius 3 is 2.66 bits per heavy atom. The van der Waals surface area contributed by atoms with Gasteiger partial charge in [0.15, 0.2) is 0 Å². The molecule has 2 heterocycles. The number of benzene rings is 2. The smallest absolute Gasteiger partial charge is 0.227 e. The highest BCUT2D eigenvalue weighted by molar-refractivity contribution is 7.99. The van der Waals surface area contributed by atoms with Crippen LogP contribution < -0.4 is 0 Å². The van der Waals surface area contributed by atoms with Crippen molar-refractivity contribution in [1.29, 1.82) is 0 Å². The summed E-state index contributed by atoms with van der Waals surface area (Å²) in [6.07, 6.45) is 0.894. The number of thioether (sulfide) groups is 1. The second-order valence-electron chi connectivity index (χ2n) is 8.31. The molecule has 1 amide bonds. The highest BCUT2D eigenvalue weighted by Gasteiger charge is 2.35. The summed E-state index contributed by atoms with van der Waals surface area (Å²) in [6, 6.07) is 15.5. The fraction of sp³-hybridized carbons (Fsp3) is 0.458. The van der Waals surface area contributed by atoms with E-state index in [4.69, 9.17) is 0 Å². The molecule has 154 valence electrons. The quantitative estimate of drug-likeness (QED) is 0.747. The average molecular weight is 413 g/mol. The molecular weight excluding hydrogens is 383 g/mol. The lowest BCUT2D eigenvalue weighted by atomic mass is 9.83. The number of halogens is 1. The molecule has 2 aliphatic rings. The Labute approximate surface area is 177 Å². The summed E-state index contributed by atoms with van der Waals surface area (Å²) in [7, 11) is 0. The zero-order chi connectivity index (χ0) is 20.2. The molecule has 0 aromatic heterocycles. The van der Waals surface area contributed by atoms with Crippen LogP contribution >= 0.6 is 11.8 Å². The third-order valence-electron chi connectivity index (χ3n) is 6.01.